The van der Waals surface area contributed by atoms with E-state index in [0.29, 0.717) is 51.4 Å². The molecule has 0 aromatic heterocycles. The van der Waals surface area contributed by atoms with Crippen molar-refractivity contribution >= 4 is 23.6 Å². The Labute approximate surface area is 276 Å². The van der Waals surface area contributed by atoms with E-state index in [4.69, 9.17) is 18.9 Å². The molecule has 11 heteroatoms. The molecule has 47 heavy (non-hydrogen) atoms. The van der Waals surface area contributed by atoms with Crippen LogP contribution < -0.4 is 20.1 Å². The summed E-state index contributed by atoms with van der Waals surface area (Å²) < 4.78 is 23.3. The molecule has 4 rings (SSSR count). The molecule has 0 saturated carbocycles. The van der Waals surface area contributed by atoms with Gasteiger partial charge >= 0.3 is 6.09 Å². The Kier molecular flexibility index (Phi) is 13.4. The fourth-order valence-corrected chi connectivity index (χ4v) is 5.57. The van der Waals surface area contributed by atoms with Gasteiger partial charge in [-0.2, -0.15) is 0 Å². The molecule has 3 atom stereocenters. The van der Waals surface area contributed by atoms with Crippen LogP contribution in [0.5, 0.6) is 11.5 Å². The number of methoxy groups -OCH3 is 1. The lowest BCUT2D eigenvalue weighted by Gasteiger charge is -2.38. The van der Waals surface area contributed by atoms with Gasteiger partial charge in [-0.25, -0.2) is 4.79 Å². The van der Waals surface area contributed by atoms with Crippen LogP contribution in [0.4, 0.5) is 10.5 Å². The molecule has 3 aromatic rings. The Balaban J connectivity index is 1.30. The molecular weight excluding hydrogens is 602 g/mol. The number of hydrogen-bond acceptors (Lipinski definition) is 7. The van der Waals surface area contributed by atoms with Gasteiger partial charge < -0.3 is 39.6 Å². The molecule has 11 nitrogen and oxygen atoms in total. The van der Waals surface area contributed by atoms with Crippen molar-refractivity contribution < 1.29 is 38.4 Å². The van der Waals surface area contributed by atoms with Gasteiger partial charge in [0.15, 0.2) is 0 Å². The molecule has 1 fully saturated rings. The Hall–Kier alpha value is -4.61. The quantitative estimate of drug-likeness (QED) is 0.180. The van der Waals surface area contributed by atoms with E-state index in [2.05, 4.69) is 10.6 Å². The van der Waals surface area contributed by atoms with Crippen LogP contribution in [0, 0.1) is 0 Å². The molecule has 0 radical (unpaired) electrons. The second-order valence-corrected chi connectivity index (χ2v) is 11.5. The number of benzene rings is 3. The van der Waals surface area contributed by atoms with Crippen molar-refractivity contribution in [2.75, 3.05) is 45.3 Å². The van der Waals surface area contributed by atoms with E-state index in [-0.39, 0.29) is 24.3 Å². The van der Waals surface area contributed by atoms with Crippen LogP contribution in [0.15, 0.2) is 72.8 Å². The standard InChI is InChI=1S/C36H45N3O8/c1-25(35(41)38-32-11-6-4-9-28(32)17-19-37-26(2)40)47-34-23-39(36(42)43)20-18-31(34)27-13-15-30(16-14-27)46-22-8-21-45-24-29-10-5-7-12-33(29)44-3/h4-7,9-16,25,31,34H,8,17-24H2,1-3H3,(H,37,40)(H,38,41)(H,42,43). The van der Waals surface area contributed by atoms with Crippen LogP contribution in [0.2, 0.25) is 0 Å². The number of hydrogen-bond donors (Lipinski definition) is 3. The van der Waals surface area contributed by atoms with Gasteiger partial charge in [0.2, 0.25) is 5.91 Å². The van der Waals surface area contributed by atoms with Gasteiger partial charge in [-0.05, 0) is 55.2 Å². The normalized spacial score (nSPS) is 16.6. The highest BCUT2D eigenvalue weighted by Gasteiger charge is 2.35. The summed E-state index contributed by atoms with van der Waals surface area (Å²) in [5, 5.41) is 15.4. The first kappa shape index (κ1) is 35.2. The smallest absolute Gasteiger partial charge is 0.407 e. The zero-order valence-electron chi connectivity index (χ0n) is 27.3. The zero-order chi connectivity index (χ0) is 33.6. The summed E-state index contributed by atoms with van der Waals surface area (Å²) in [6.07, 6.45) is -0.546. The van der Waals surface area contributed by atoms with E-state index < -0.39 is 18.3 Å². The van der Waals surface area contributed by atoms with Crippen molar-refractivity contribution in [1.29, 1.82) is 0 Å². The molecule has 3 unspecified atom stereocenters. The molecule has 3 aromatic carbocycles. The first-order valence-electron chi connectivity index (χ1n) is 15.9. The van der Waals surface area contributed by atoms with Crippen molar-refractivity contribution in [2.45, 2.75) is 57.8 Å². The summed E-state index contributed by atoms with van der Waals surface area (Å²) in [5.74, 6) is 0.974. The molecule has 0 spiro atoms. The number of likely N-dealkylation sites (tertiary alicyclic amines) is 1. The average Bonchev–Trinajstić information content (AvgIpc) is 3.07. The maximum atomic E-state index is 13.2. The molecule has 3 amide bonds. The number of rotatable bonds is 16. The van der Waals surface area contributed by atoms with Gasteiger partial charge in [0.1, 0.15) is 17.6 Å². The third kappa shape index (κ3) is 10.7. The van der Waals surface area contributed by atoms with E-state index in [1.54, 1.807) is 14.0 Å². The van der Waals surface area contributed by atoms with Crippen molar-refractivity contribution in [3.63, 3.8) is 0 Å². The first-order valence-corrected chi connectivity index (χ1v) is 15.9. The van der Waals surface area contributed by atoms with Crippen molar-refractivity contribution in [2.24, 2.45) is 0 Å². The lowest BCUT2D eigenvalue weighted by Crippen LogP contribution is -2.48. The minimum Gasteiger partial charge on any atom is -0.496 e. The third-order valence-electron chi connectivity index (χ3n) is 8.08. The largest absolute Gasteiger partial charge is 0.496 e. The summed E-state index contributed by atoms with van der Waals surface area (Å²) in [4.78, 5) is 37.6. The maximum Gasteiger partial charge on any atom is 0.407 e. The van der Waals surface area contributed by atoms with Gasteiger partial charge in [-0.3, -0.25) is 9.59 Å². The molecule has 252 valence electrons. The zero-order valence-corrected chi connectivity index (χ0v) is 27.3. The number of amides is 3. The monoisotopic (exact) mass is 647 g/mol. The summed E-state index contributed by atoms with van der Waals surface area (Å²) >= 11 is 0. The van der Waals surface area contributed by atoms with Gasteiger partial charge in [0.05, 0.1) is 39.6 Å². The molecule has 1 saturated heterocycles. The fraction of sp³-hybridized carbons (Fsp3) is 0.417. The first-order chi connectivity index (χ1) is 22.7. The number of nitrogens with zero attached hydrogens (tertiary/aromatic N) is 1. The number of piperidine rings is 1. The van der Waals surface area contributed by atoms with Crippen LogP contribution in [0.3, 0.4) is 0 Å². The maximum absolute atomic E-state index is 13.2. The topological polar surface area (TPSA) is 136 Å². The molecule has 0 bridgehead atoms. The van der Waals surface area contributed by atoms with Crippen molar-refractivity contribution in [3.8, 4) is 11.5 Å². The highest BCUT2D eigenvalue weighted by Crippen LogP contribution is 2.32. The molecule has 1 aliphatic heterocycles. The van der Waals surface area contributed by atoms with Crippen LogP contribution in [-0.4, -0.2) is 80.1 Å². The minimum atomic E-state index is -1.02. The number of anilines is 1. The lowest BCUT2D eigenvalue weighted by atomic mass is 9.87. The number of nitrogens with one attached hydrogen (secondary N) is 2. The Bertz CT molecular complexity index is 1460. The second-order valence-electron chi connectivity index (χ2n) is 11.5. The minimum absolute atomic E-state index is 0.108. The summed E-state index contributed by atoms with van der Waals surface area (Å²) in [7, 11) is 1.64. The van der Waals surface area contributed by atoms with Crippen molar-refractivity contribution in [3.05, 3.63) is 89.5 Å². The molecule has 1 aliphatic rings. The molecule has 0 aliphatic carbocycles. The molecule has 1 heterocycles. The predicted molar refractivity (Wildman–Crippen MR) is 178 cm³/mol. The van der Waals surface area contributed by atoms with E-state index in [1.807, 2.05) is 72.8 Å². The van der Waals surface area contributed by atoms with Crippen LogP contribution in [-0.2, 0) is 32.1 Å². The summed E-state index contributed by atoms with van der Waals surface area (Å²) in [6.45, 7) is 5.62. The number of carboxylic acid groups (broad SMARTS) is 1. The average molecular weight is 648 g/mol. The fourth-order valence-electron chi connectivity index (χ4n) is 5.57. The number of ether oxygens (including phenoxy) is 4. The number of carbonyl (C=O) groups is 3. The van der Waals surface area contributed by atoms with Gasteiger partial charge in [-0.1, -0.05) is 48.5 Å². The highest BCUT2D eigenvalue weighted by atomic mass is 16.5. The van der Waals surface area contributed by atoms with Crippen LogP contribution >= 0.6 is 0 Å². The van der Waals surface area contributed by atoms with E-state index in [9.17, 15) is 19.5 Å². The lowest BCUT2D eigenvalue weighted by molar-refractivity contribution is -0.132. The number of para-hydroxylation sites is 2. The summed E-state index contributed by atoms with van der Waals surface area (Å²) in [5.41, 5.74) is 3.52. The van der Waals surface area contributed by atoms with E-state index in [0.717, 1.165) is 34.6 Å². The van der Waals surface area contributed by atoms with Crippen LogP contribution in [0.1, 0.15) is 49.3 Å². The van der Waals surface area contributed by atoms with Gasteiger partial charge in [0, 0.05) is 43.6 Å². The van der Waals surface area contributed by atoms with E-state index in [1.165, 1.54) is 11.8 Å². The highest BCUT2D eigenvalue weighted by molar-refractivity contribution is 5.94. The Morgan fingerprint density at radius 3 is 2.43 bits per heavy atom. The Morgan fingerprint density at radius 1 is 0.979 bits per heavy atom. The summed E-state index contributed by atoms with van der Waals surface area (Å²) in [6, 6.07) is 22.9. The van der Waals surface area contributed by atoms with Crippen molar-refractivity contribution in [1.82, 2.24) is 10.2 Å². The molecular formula is C36H45N3O8. The number of carbonyl (C=O) groups excluding carboxylic acids is 2. The third-order valence-corrected chi connectivity index (χ3v) is 8.08. The Morgan fingerprint density at radius 2 is 1.70 bits per heavy atom. The van der Waals surface area contributed by atoms with Gasteiger partial charge in [0.25, 0.3) is 5.91 Å². The SMILES string of the molecule is COc1ccccc1COCCCOc1ccc(C2CCN(C(=O)O)CC2OC(C)C(=O)Nc2ccccc2CCNC(C)=O)cc1. The second kappa shape index (κ2) is 17.9. The van der Waals surface area contributed by atoms with Gasteiger partial charge in [-0.15, -0.1) is 0 Å². The van der Waals surface area contributed by atoms with Crippen LogP contribution in [0.25, 0.3) is 0 Å². The van der Waals surface area contributed by atoms with E-state index >= 15 is 0 Å². The predicted octanol–water partition coefficient (Wildman–Crippen LogP) is 5.24. The molecule has 3 N–H and O–H groups in total.